The van der Waals surface area contributed by atoms with Crippen LogP contribution in [0, 0.1) is 0 Å². The van der Waals surface area contributed by atoms with E-state index in [2.05, 4.69) is 33.1 Å². The fourth-order valence-corrected chi connectivity index (χ4v) is 2.93. The SMILES string of the molecule is CCCCNC(=O)c1ccc(CNC(=O)c2n[nH]c3c2CNCC3)cc1.Cl. The molecule has 0 aliphatic carbocycles. The summed E-state index contributed by atoms with van der Waals surface area (Å²) in [5, 5.41) is 16.1. The molecule has 27 heavy (non-hydrogen) atoms. The zero-order chi connectivity index (χ0) is 18.4. The van der Waals surface area contributed by atoms with Crippen molar-refractivity contribution in [2.45, 2.75) is 39.3 Å². The molecule has 2 aromatic rings. The van der Waals surface area contributed by atoms with Gasteiger partial charge in [0.2, 0.25) is 0 Å². The lowest BCUT2D eigenvalue weighted by Crippen LogP contribution is -2.28. The molecule has 0 saturated heterocycles. The first kappa shape index (κ1) is 20.9. The summed E-state index contributed by atoms with van der Waals surface area (Å²) in [6.07, 6.45) is 2.88. The van der Waals surface area contributed by atoms with E-state index in [4.69, 9.17) is 0 Å². The van der Waals surface area contributed by atoms with Gasteiger partial charge in [-0.05, 0) is 24.1 Å². The van der Waals surface area contributed by atoms with E-state index in [-0.39, 0.29) is 24.2 Å². The van der Waals surface area contributed by atoms with Crippen molar-refractivity contribution in [1.82, 2.24) is 26.1 Å². The Morgan fingerprint density at radius 2 is 1.93 bits per heavy atom. The molecule has 146 valence electrons. The minimum Gasteiger partial charge on any atom is -0.352 e. The van der Waals surface area contributed by atoms with Crippen molar-refractivity contribution in [3.63, 3.8) is 0 Å². The van der Waals surface area contributed by atoms with Gasteiger partial charge in [0, 0.05) is 49.4 Å². The smallest absolute Gasteiger partial charge is 0.272 e. The van der Waals surface area contributed by atoms with Gasteiger partial charge in [0.15, 0.2) is 5.69 Å². The van der Waals surface area contributed by atoms with Gasteiger partial charge >= 0.3 is 0 Å². The number of hydrogen-bond acceptors (Lipinski definition) is 4. The van der Waals surface area contributed by atoms with E-state index in [0.717, 1.165) is 42.6 Å². The summed E-state index contributed by atoms with van der Waals surface area (Å²) in [5.41, 5.74) is 4.01. The highest BCUT2D eigenvalue weighted by Crippen LogP contribution is 2.15. The van der Waals surface area contributed by atoms with Gasteiger partial charge < -0.3 is 16.0 Å². The van der Waals surface area contributed by atoms with Gasteiger partial charge in [0.05, 0.1) is 0 Å². The molecule has 0 unspecified atom stereocenters. The first-order chi connectivity index (χ1) is 12.7. The number of unbranched alkanes of at least 4 members (excludes halogenated alkanes) is 1. The molecule has 8 heteroatoms. The van der Waals surface area contributed by atoms with Crippen LogP contribution in [0.1, 0.15) is 57.4 Å². The molecule has 0 saturated carbocycles. The van der Waals surface area contributed by atoms with Crippen molar-refractivity contribution < 1.29 is 9.59 Å². The Balaban J connectivity index is 0.00000261. The largest absolute Gasteiger partial charge is 0.352 e. The lowest BCUT2D eigenvalue weighted by molar-refractivity contribution is 0.0938. The second-order valence-corrected chi connectivity index (χ2v) is 6.45. The van der Waals surface area contributed by atoms with Crippen LogP contribution in [0.15, 0.2) is 24.3 Å². The third kappa shape index (κ3) is 5.30. The number of amides is 2. The van der Waals surface area contributed by atoms with E-state index in [1.807, 2.05) is 12.1 Å². The van der Waals surface area contributed by atoms with Crippen molar-refractivity contribution in [3.05, 3.63) is 52.3 Å². The maximum atomic E-state index is 12.4. The number of benzene rings is 1. The van der Waals surface area contributed by atoms with Crippen LogP contribution in [0.2, 0.25) is 0 Å². The Morgan fingerprint density at radius 1 is 1.15 bits per heavy atom. The number of nitrogens with zero attached hydrogens (tertiary/aromatic N) is 1. The summed E-state index contributed by atoms with van der Waals surface area (Å²) < 4.78 is 0. The number of H-pyrrole nitrogens is 1. The molecule has 0 radical (unpaired) electrons. The first-order valence-electron chi connectivity index (χ1n) is 9.11. The van der Waals surface area contributed by atoms with Crippen LogP contribution in [-0.4, -0.2) is 35.1 Å². The fourth-order valence-electron chi connectivity index (χ4n) is 2.93. The highest BCUT2D eigenvalue weighted by molar-refractivity contribution is 5.94. The summed E-state index contributed by atoms with van der Waals surface area (Å²) in [6, 6.07) is 7.28. The number of carbonyl (C=O) groups excluding carboxylic acids is 2. The number of fused-ring (bicyclic) bond motifs is 1. The molecule has 0 atom stereocenters. The molecular formula is C19H26ClN5O2. The summed E-state index contributed by atoms with van der Waals surface area (Å²) >= 11 is 0. The molecule has 2 amide bonds. The van der Waals surface area contributed by atoms with Crippen LogP contribution in [0.4, 0.5) is 0 Å². The van der Waals surface area contributed by atoms with Crippen molar-refractivity contribution >= 4 is 24.2 Å². The summed E-state index contributed by atoms with van der Waals surface area (Å²) in [6.45, 7) is 4.73. The summed E-state index contributed by atoms with van der Waals surface area (Å²) in [4.78, 5) is 24.4. The molecular weight excluding hydrogens is 366 g/mol. The van der Waals surface area contributed by atoms with E-state index in [1.54, 1.807) is 12.1 Å². The zero-order valence-electron chi connectivity index (χ0n) is 15.4. The molecule has 7 nitrogen and oxygen atoms in total. The number of hydrogen-bond donors (Lipinski definition) is 4. The molecule has 1 aromatic heterocycles. The summed E-state index contributed by atoms with van der Waals surface area (Å²) in [5.74, 6) is -0.253. The normalized spacial score (nSPS) is 12.6. The molecule has 0 bridgehead atoms. The van der Waals surface area contributed by atoms with Crippen LogP contribution in [0.5, 0.6) is 0 Å². The number of aromatic nitrogens is 2. The highest BCUT2D eigenvalue weighted by atomic mass is 35.5. The van der Waals surface area contributed by atoms with Crippen molar-refractivity contribution in [2.24, 2.45) is 0 Å². The molecule has 2 heterocycles. The maximum absolute atomic E-state index is 12.4. The van der Waals surface area contributed by atoms with Crippen molar-refractivity contribution in [3.8, 4) is 0 Å². The van der Waals surface area contributed by atoms with Gasteiger partial charge in [0.1, 0.15) is 0 Å². The third-order valence-corrected chi connectivity index (χ3v) is 4.51. The molecule has 4 N–H and O–H groups in total. The second kappa shape index (κ2) is 10.1. The molecule has 1 aliphatic heterocycles. The van der Waals surface area contributed by atoms with E-state index < -0.39 is 0 Å². The zero-order valence-corrected chi connectivity index (χ0v) is 16.2. The Kier molecular flexibility index (Phi) is 7.82. The molecule has 1 aromatic carbocycles. The number of aromatic amines is 1. The van der Waals surface area contributed by atoms with E-state index in [0.29, 0.717) is 30.9 Å². The number of rotatable bonds is 7. The minimum atomic E-state index is -0.187. The molecule has 1 aliphatic rings. The van der Waals surface area contributed by atoms with Crippen LogP contribution >= 0.6 is 12.4 Å². The number of carbonyl (C=O) groups is 2. The van der Waals surface area contributed by atoms with Gasteiger partial charge in [-0.3, -0.25) is 14.7 Å². The number of halogens is 1. The van der Waals surface area contributed by atoms with Crippen molar-refractivity contribution in [2.75, 3.05) is 13.1 Å². The average molecular weight is 392 g/mol. The predicted molar refractivity (Wildman–Crippen MR) is 106 cm³/mol. The summed E-state index contributed by atoms with van der Waals surface area (Å²) in [7, 11) is 0. The Labute approximate surface area is 165 Å². The Morgan fingerprint density at radius 3 is 2.67 bits per heavy atom. The Hall–Kier alpha value is -2.38. The van der Waals surface area contributed by atoms with Gasteiger partial charge in [0.25, 0.3) is 11.8 Å². The lowest BCUT2D eigenvalue weighted by Gasteiger charge is -2.13. The van der Waals surface area contributed by atoms with E-state index in [1.165, 1.54) is 0 Å². The maximum Gasteiger partial charge on any atom is 0.272 e. The Bertz CT molecular complexity index is 773. The fraction of sp³-hybridized carbons (Fsp3) is 0.421. The molecule has 3 rings (SSSR count). The lowest BCUT2D eigenvalue weighted by atomic mass is 10.1. The minimum absolute atomic E-state index is 0. The standard InChI is InChI=1S/C19H25N5O2.ClH/c1-2-3-9-21-18(25)14-6-4-13(5-7-14)11-22-19(26)17-15-12-20-10-8-16(15)23-24-17;/h4-7,20H,2-3,8-12H2,1H3,(H,21,25)(H,22,26)(H,23,24);1H. The first-order valence-corrected chi connectivity index (χ1v) is 9.11. The van der Waals surface area contributed by atoms with Crippen LogP contribution in [-0.2, 0) is 19.5 Å². The average Bonchev–Trinajstić information content (AvgIpc) is 3.11. The van der Waals surface area contributed by atoms with Gasteiger partial charge in [-0.15, -0.1) is 12.4 Å². The molecule has 0 fully saturated rings. The van der Waals surface area contributed by atoms with Gasteiger partial charge in [-0.2, -0.15) is 5.10 Å². The van der Waals surface area contributed by atoms with Gasteiger partial charge in [-0.1, -0.05) is 25.5 Å². The van der Waals surface area contributed by atoms with Gasteiger partial charge in [-0.25, -0.2) is 0 Å². The molecule has 0 spiro atoms. The predicted octanol–water partition coefficient (Wildman–Crippen LogP) is 1.94. The van der Waals surface area contributed by atoms with E-state index >= 15 is 0 Å². The third-order valence-electron chi connectivity index (χ3n) is 4.51. The quantitative estimate of drug-likeness (QED) is 0.542. The van der Waals surface area contributed by atoms with Crippen LogP contribution < -0.4 is 16.0 Å². The number of nitrogens with one attached hydrogen (secondary N) is 4. The second-order valence-electron chi connectivity index (χ2n) is 6.45. The monoisotopic (exact) mass is 391 g/mol. The van der Waals surface area contributed by atoms with Crippen LogP contribution in [0.3, 0.4) is 0 Å². The highest BCUT2D eigenvalue weighted by Gasteiger charge is 2.21. The van der Waals surface area contributed by atoms with Crippen LogP contribution in [0.25, 0.3) is 0 Å². The van der Waals surface area contributed by atoms with E-state index in [9.17, 15) is 9.59 Å². The topological polar surface area (TPSA) is 98.9 Å². The van der Waals surface area contributed by atoms with Crippen molar-refractivity contribution in [1.29, 1.82) is 0 Å².